The van der Waals surface area contributed by atoms with E-state index in [4.69, 9.17) is 9.47 Å². The number of benzene rings is 1. The van der Waals surface area contributed by atoms with E-state index in [1.165, 1.54) is 0 Å². The average Bonchev–Trinajstić information content (AvgIpc) is 2.93. The molecule has 0 aliphatic heterocycles. The summed E-state index contributed by atoms with van der Waals surface area (Å²) in [5.74, 6) is 1.59. The van der Waals surface area contributed by atoms with Crippen molar-refractivity contribution in [3.8, 4) is 11.5 Å². The minimum atomic E-state index is -0.0395. The molecule has 1 aromatic heterocycles. The second-order valence-corrected chi connectivity index (χ2v) is 4.43. The maximum absolute atomic E-state index is 5.42. The summed E-state index contributed by atoms with van der Waals surface area (Å²) in [4.78, 5) is 4.36. The van der Waals surface area contributed by atoms with Crippen LogP contribution in [0.5, 0.6) is 11.5 Å². The van der Waals surface area contributed by atoms with Crippen LogP contribution in [0.4, 0.5) is 0 Å². The molecule has 1 heterocycles. The van der Waals surface area contributed by atoms with Gasteiger partial charge in [0.25, 0.3) is 0 Å². The third-order valence-corrected chi connectivity index (χ3v) is 3.40. The second-order valence-electron chi connectivity index (χ2n) is 3.71. The Balaban J connectivity index is 2.53. The average molecular weight is 264 g/mol. The zero-order valence-electron chi connectivity index (χ0n) is 10.6. The van der Waals surface area contributed by atoms with Gasteiger partial charge in [0.15, 0.2) is 0 Å². The lowest BCUT2D eigenvalue weighted by Crippen LogP contribution is -2.19. The van der Waals surface area contributed by atoms with Crippen molar-refractivity contribution in [2.24, 2.45) is 0 Å². The van der Waals surface area contributed by atoms with Crippen molar-refractivity contribution in [2.75, 3.05) is 21.3 Å². The molecule has 0 saturated carbocycles. The predicted octanol–water partition coefficient (Wildman–Crippen LogP) is 2.47. The highest BCUT2D eigenvalue weighted by molar-refractivity contribution is 7.07. The van der Waals surface area contributed by atoms with Gasteiger partial charge in [-0.25, -0.2) is 4.98 Å². The first-order chi connectivity index (χ1) is 8.81. The van der Waals surface area contributed by atoms with E-state index in [0.717, 1.165) is 22.8 Å². The summed E-state index contributed by atoms with van der Waals surface area (Å²) in [7, 11) is 5.22. The molecule has 5 heteroatoms. The van der Waals surface area contributed by atoms with E-state index in [1.54, 1.807) is 25.6 Å². The molecule has 0 aliphatic carbocycles. The van der Waals surface area contributed by atoms with Crippen molar-refractivity contribution in [1.82, 2.24) is 10.3 Å². The van der Waals surface area contributed by atoms with Crippen LogP contribution in [0.15, 0.2) is 29.1 Å². The third kappa shape index (κ3) is 2.32. The molecule has 0 saturated heterocycles. The minimum absolute atomic E-state index is 0.0395. The number of methoxy groups -OCH3 is 2. The van der Waals surface area contributed by atoms with Gasteiger partial charge in [-0.3, -0.25) is 0 Å². The lowest BCUT2D eigenvalue weighted by Gasteiger charge is -2.20. The van der Waals surface area contributed by atoms with Crippen molar-refractivity contribution >= 4 is 11.3 Å². The Hall–Kier alpha value is -1.59. The van der Waals surface area contributed by atoms with Gasteiger partial charge >= 0.3 is 0 Å². The minimum Gasteiger partial charge on any atom is -0.496 e. The van der Waals surface area contributed by atoms with Crippen molar-refractivity contribution < 1.29 is 9.47 Å². The fraction of sp³-hybridized carbons (Fsp3) is 0.308. The van der Waals surface area contributed by atoms with Gasteiger partial charge in [-0.05, 0) is 19.2 Å². The van der Waals surface area contributed by atoms with Crippen LogP contribution in [0.2, 0.25) is 0 Å². The van der Waals surface area contributed by atoms with Gasteiger partial charge in [0.05, 0.1) is 37.0 Å². The van der Waals surface area contributed by atoms with Crippen molar-refractivity contribution in [3.05, 3.63) is 40.3 Å². The topological polar surface area (TPSA) is 43.4 Å². The summed E-state index contributed by atoms with van der Waals surface area (Å²) < 4.78 is 10.8. The van der Waals surface area contributed by atoms with Crippen molar-refractivity contribution in [3.63, 3.8) is 0 Å². The van der Waals surface area contributed by atoms with Crippen LogP contribution in [0, 0.1) is 0 Å². The first-order valence-electron chi connectivity index (χ1n) is 5.58. The molecule has 4 nitrogen and oxygen atoms in total. The molecule has 0 fully saturated rings. The number of hydrogen-bond donors (Lipinski definition) is 1. The lowest BCUT2D eigenvalue weighted by atomic mass is 10.0. The van der Waals surface area contributed by atoms with Crippen LogP contribution in [-0.2, 0) is 0 Å². The van der Waals surface area contributed by atoms with Gasteiger partial charge < -0.3 is 14.8 Å². The number of nitrogens with zero attached hydrogens (tertiary/aromatic N) is 1. The van der Waals surface area contributed by atoms with E-state index in [0.29, 0.717) is 0 Å². The molecule has 2 rings (SSSR count). The number of ether oxygens (including phenoxy) is 2. The molecule has 1 atom stereocenters. The van der Waals surface area contributed by atoms with Gasteiger partial charge in [0.2, 0.25) is 0 Å². The number of thiazole rings is 1. The molecular formula is C13H16N2O2S. The maximum atomic E-state index is 5.42. The SMILES string of the molecule is CNC(c1cscn1)c1c(OC)cccc1OC. The van der Waals surface area contributed by atoms with Crippen LogP contribution in [0.1, 0.15) is 17.3 Å². The van der Waals surface area contributed by atoms with Gasteiger partial charge in [-0.1, -0.05) is 6.07 Å². The fourth-order valence-electron chi connectivity index (χ4n) is 1.97. The van der Waals surface area contributed by atoms with Gasteiger partial charge in [0, 0.05) is 5.38 Å². The Kier molecular flexibility index (Phi) is 4.17. The quantitative estimate of drug-likeness (QED) is 0.901. The number of aromatic nitrogens is 1. The van der Waals surface area contributed by atoms with Crippen LogP contribution in [0.3, 0.4) is 0 Å². The highest BCUT2D eigenvalue weighted by Crippen LogP contribution is 2.36. The highest BCUT2D eigenvalue weighted by Gasteiger charge is 2.22. The van der Waals surface area contributed by atoms with E-state index in [2.05, 4.69) is 10.3 Å². The number of rotatable bonds is 5. The van der Waals surface area contributed by atoms with E-state index in [9.17, 15) is 0 Å². The molecule has 0 spiro atoms. The lowest BCUT2D eigenvalue weighted by molar-refractivity contribution is 0.378. The summed E-state index contributed by atoms with van der Waals surface area (Å²) >= 11 is 1.57. The Labute approximate surface area is 111 Å². The van der Waals surface area contributed by atoms with Crippen LogP contribution in [0.25, 0.3) is 0 Å². The Morgan fingerprint density at radius 2 is 1.89 bits per heavy atom. The molecule has 0 amide bonds. The number of hydrogen-bond acceptors (Lipinski definition) is 5. The zero-order valence-corrected chi connectivity index (χ0v) is 11.5. The molecule has 96 valence electrons. The monoisotopic (exact) mass is 264 g/mol. The molecule has 18 heavy (non-hydrogen) atoms. The largest absolute Gasteiger partial charge is 0.496 e. The Morgan fingerprint density at radius 1 is 1.22 bits per heavy atom. The van der Waals surface area contributed by atoms with E-state index in [1.807, 2.05) is 36.1 Å². The molecule has 0 bridgehead atoms. The van der Waals surface area contributed by atoms with Crippen molar-refractivity contribution in [2.45, 2.75) is 6.04 Å². The van der Waals surface area contributed by atoms with Gasteiger partial charge in [-0.15, -0.1) is 11.3 Å². The molecule has 1 unspecified atom stereocenters. The highest BCUT2D eigenvalue weighted by atomic mass is 32.1. The Bertz CT molecular complexity index is 477. The molecule has 1 aromatic carbocycles. The van der Waals surface area contributed by atoms with Crippen LogP contribution < -0.4 is 14.8 Å². The standard InChI is InChI=1S/C13H16N2O2S/c1-14-13(9-7-18-8-15-9)12-10(16-2)5-4-6-11(12)17-3/h4-8,13-14H,1-3H3. The summed E-state index contributed by atoms with van der Waals surface area (Å²) in [6.45, 7) is 0. The molecule has 0 radical (unpaired) electrons. The van der Waals surface area contributed by atoms with E-state index in [-0.39, 0.29) is 6.04 Å². The Morgan fingerprint density at radius 3 is 2.33 bits per heavy atom. The van der Waals surface area contributed by atoms with Crippen LogP contribution >= 0.6 is 11.3 Å². The summed E-state index contributed by atoms with van der Waals surface area (Å²) in [5, 5.41) is 5.28. The van der Waals surface area contributed by atoms with Crippen molar-refractivity contribution in [1.29, 1.82) is 0 Å². The second kappa shape index (κ2) is 5.84. The number of nitrogens with one attached hydrogen (secondary N) is 1. The van der Waals surface area contributed by atoms with Crippen LogP contribution in [-0.4, -0.2) is 26.3 Å². The van der Waals surface area contributed by atoms with Gasteiger partial charge in [0.1, 0.15) is 11.5 Å². The molecule has 2 aromatic rings. The normalized spacial score (nSPS) is 12.2. The third-order valence-electron chi connectivity index (χ3n) is 2.79. The summed E-state index contributed by atoms with van der Waals surface area (Å²) in [5.41, 5.74) is 3.75. The first-order valence-corrected chi connectivity index (χ1v) is 6.52. The predicted molar refractivity (Wildman–Crippen MR) is 72.6 cm³/mol. The molecule has 0 aliphatic rings. The van der Waals surface area contributed by atoms with E-state index >= 15 is 0 Å². The first kappa shape index (κ1) is 12.9. The molecule has 1 N–H and O–H groups in total. The molecular weight excluding hydrogens is 248 g/mol. The summed E-state index contributed by atoms with van der Waals surface area (Å²) in [6, 6.07) is 5.72. The maximum Gasteiger partial charge on any atom is 0.127 e. The smallest absolute Gasteiger partial charge is 0.127 e. The zero-order chi connectivity index (χ0) is 13.0. The fourth-order valence-corrected chi connectivity index (χ4v) is 2.55. The summed E-state index contributed by atoms with van der Waals surface area (Å²) in [6.07, 6.45) is 0. The van der Waals surface area contributed by atoms with Gasteiger partial charge in [-0.2, -0.15) is 0 Å². The van der Waals surface area contributed by atoms with E-state index < -0.39 is 0 Å².